The van der Waals surface area contributed by atoms with Gasteiger partial charge in [-0.25, -0.2) is 9.78 Å². The molecule has 3 rings (SSSR count). The summed E-state index contributed by atoms with van der Waals surface area (Å²) in [5.41, 5.74) is 1.84. The minimum atomic E-state index is -0.938. The van der Waals surface area contributed by atoms with Gasteiger partial charge >= 0.3 is 5.97 Å². The first kappa shape index (κ1) is 12.1. The summed E-state index contributed by atoms with van der Waals surface area (Å²) in [6, 6.07) is 4.91. The van der Waals surface area contributed by atoms with Crippen molar-refractivity contribution in [2.45, 2.75) is 12.6 Å². The molecule has 1 aromatic heterocycles. The minimum absolute atomic E-state index is 0.0142. The zero-order chi connectivity index (χ0) is 13.2. The van der Waals surface area contributed by atoms with Gasteiger partial charge in [0.25, 0.3) is 0 Å². The lowest BCUT2D eigenvalue weighted by Crippen LogP contribution is -2.32. The standard InChI is InChI=1S/C13H14N2O4/c16-13(17)9-1-2-11-12(5-9)15(8-14-11)6-10-7-18-3-4-19-10/h1-2,5,8,10H,3-4,6-7H2,(H,16,17). The zero-order valence-corrected chi connectivity index (χ0v) is 10.3. The van der Waals surface area contributed by atoms with E-state index in [0.717, 1.165) is 11.0 Å². The Morgan fingerprint density at radius 1 is 1.47 bits per heavy atom. The lowest BCUT2D eigenvalue weighted by Gasteiger charge is -2.23. The van der Waals surface area contributed by atoms with Gasteiger partial charge in [0.15, 0.2) is 0 Å². The fourth-order valence-corrected chi connectivity index (χ4v) is 2.20. The van der Waals surface area contributed by atoms with Crippen LogP contribution in [0.5, 0.6) is 0 Å². The summed E-state index contributed by atoms with van der Waals surface area (Å²) in [7, 11) is 0. The Morgan fingerprint density at radius 3 is 3.11 bits per heavy atom. The maximum Gasteiger partial charge on any atom is 0.335 e. The van der Waals surface area contributed by atoms with Crippen LogP contribution in [-0.2, 0) is 16.0 Å². The molecular weight excluding hydrogens is 248 g/mol. The van der Waals surface area contributed by atoms with Crippen LogP contribution in [0.1, 0.15) is 10.4 Å². The van der Waals surface area contributed by atoms with Crippen molar-refractivity contribution in [3.05, 3.63) is 30.1 Å². The number of rotatable bonds is 3. The Balaban J connectivity index is 1.89. The molecule has 1 aliphatic rings. The monoisotopic (exact) mass is 262 g/mol. The summed E-state index contributed by atoms with van der Waals surface area (Å²) in [5, 5.41) is 9.02. The average Bonchev–Trinajstić information content (AvgIpc) is 2.82. The Bertz CT molecular complexity index is 602. The van der Waals surface area contributed by atoms with Gasteiger partial charge in [0, 0.05) is 0 Å². The van der Waals surface area contributed by atoms with Gasteiger partial charge in [-0.2, -0.15) is 0 Å². The van der Waals surface area contributed by atoms with Gasteiger partial charge in [-0.05, 0) is 18.2 Å². The molecule has 0 amide bonds. The number of aromatic carboxylic acids is 1. The van der Waals surface area contributed by atoms with Gasteiger partial charge in [-0.15, -0.1) is 0 Å². The molecule has 1 aliphatic heterocycles. The van der Waals surface area contributed by atoms with E-state index in [0.29, 0.717) is 26.4 Å². The number of benzene rings is 1. The first-order valence-electron chi connectivity index (χ1n) is 6.11. The summed E-state index contributed by atoms with van der Waals surface area (Å²) in [6.07, 6.45) is 1.69. The van der Waals surface area contributed by atoms with Crippen molar-refractivity contribution in [2.75, 3.05) is 19.8 Å². The van der Waals surface area contributed by atoms with Crippen LogP contribution in [0, 0.1) is 0 Å². The lowest BCUT2D eigenvalue weighted by molar-refractivity contribution is -0.0932. The van der Waals surface area contributed by atoms with Crippen molar-refractivity contribution < 1.29 is 19.4 Å². The summed E-state index contributed by atoms with van der Waals surface area (Å²) >= 11 is 0. The number of aromatic nitrogens is 2. The van der Waals surface area contributed by atoms with E-state index in [1.54, 1.807) is 24.5 Å². The van der Waals surface area contributed by atoms with Gasteiger partial charge in [0.05, 0.1) is 55.4 Å². The van der Waals surface area contributed by atoms with Crippen LogP contribution in [0.15, 0.2) is 24.5 Å². The normalized spacial score (nSPS) is 19.7. The first-order chi connectivity index (χ1) is 9.24. The number of ether oxygens (including phenoxy) is 2. The molecule has 6 nitrogen and oxygen atoms in total. The second-order valence-electron chi connectivity index (χ2n) is 4.47. The second-order valence-corrected chi connectivity index (χ2v) is 4.47. The van der Waals surface area contributed by atoms with Gasteiger partial charge < -0.3 is 19.1 Å². The third-order valence-corrected chi connectivity index (χ3v) is 3.15. The molecule has 1 fully saturated rings. The summed E-state index contributed by atoms with van der Waals surface area (Å²) in [5.74, 6) is -0.938. The molecule has 2 aromatic rings. The summed E-state index contributed by atoms with van der Waals surface area (Å²) in [6.45, 7) is 2.39. The van der Waals surface area contributed by atoms with Crippen molar-refractivity contribution in [1.82, 2.24) is 9.55 Å². The maximum atomic E-state index is 11.0. The topological polar surface area (TPSA) is 73.6 Å². The molecule has 1 aromatic carbocycles. The third-order valence-electron chi connectivity index (χ3n) is 3.15. The number of hydrogen-bond acceptors (Lipinski definition) is 4. The fourth-order valence-electron chi connectivity index (χ4n) is 2.20. The predicted octanol–water partition coefficient (Wildman–Crippen LogP) is 1.15. The Hall–Kier alpha value is -1.92. The minimum Gasteiger partial charge on any atom is -0.478 e. The average molecular weight is 262 g/mol. The molecule has 0 saturated carbocycles. The Labute approximate surface area is 109 Å². The van der Waals surface area contributed by atoms with Crippen molar-refractivity contribution in [1.29, 1.82) is 0 Å². The predicted molar refractivity (Wildman–Crippen MR) is 67.3 cm³/mol. The molecule has 1 atom stereocenters. The molecule has 6 heteroatoms. The number of carboxylic acids is 1. The van der Waals surface area contributed by atoms with Gasteiger partial charge in [-0.3, -0.25) is 0 Å². The number of imidazole rings is 1. The Morgan fingerprint density at radius 2 is 2.37 bits per heavy atom. The zero-order valence-electron chi connectivity index (χ0n) is 10.3. The molecule has 19 heavy (non-hydrogen) atoms. The fraction of sp³-hybridized carbons (Fsp3) is 0.385. The molecule has 100 valence electrons. The van der Waals surface area contributed by atoms with Crippen LogP contribution < -0.4 is 0 Å². The quantitative estimate of drug-likeness (QED) is 0.898. The lowest BCUT2D eigenvalue weighted by atomic mass is 10.2. The second kappa shape index (κ2) is 4.99. The van der Waals surface area contributed by atoms with Crippen LogP contribution >= 0.6 is 0 Å². The van der Waals surface area contributed by atoms with E-state index < -0.39 is 5.97 Å². The number of hydrogen-bond donors (Lipinski definition) is 1. The van der Waals surface area contributed by atoms with Crippen LogP contribution in [-0.4, -0.2) is 46.6 Å². The van der Waals surface area contributed by atoms with Gasteiger partial charge in [0.1, 0.15) is 0 Å². The molecule has 1 N–H and O–H groups in total. The van der Waals surface area contributed by atoms with E-state index in [1.165, 1.54) is 0 Å². The Kier molecular flexibility index (Phi) is 3.18. The smallest absolute Gasteiger partial charge is 0.335 e. The largest absolute Gasteiger partial charge is 0.478 e. The highest BCUT2D eigenvalue weighted by atomic mass is 16.6. The molecule has 0 spiro atoms. The van der Waals surface area contributed by atoms with E-state index >= 15 is 0 Å². The third kappa shape index (κ3) is 2.45. The SMILES string of the molecule is O=C(O)c1ccc2ncn(CC3COCCO3)c2c1. The van der Waals surface area contributed by atoms with Crippen LogP contribution in [0.2, 0.25) is 0 Å². The maximum absolute atomic E-state index is 11.0. The summed E-state index contributed by atoms with van der Waals surface area (Å²) < 4.78 is 12.8. The van der Waals surface area contributed by atoms with Crippen molar-refractivity contribution in [3.8, 4) is 0 Å². The number of carbonyl (C=O) groups is 1. The van der Waals surface area contributed by atoms with Gasteiger partial charge in [0.2, 0.25) is 0 Å². The molecule has 1 unspecified atom stereocenters. The van der Waals surface area contributed by atoms with Crippen molar-refractivity contribution in [2.24, 2.45) is 0 Å². The number of carboxylic acid groups (broad SMARTS) is 1. The highest BCUT2D eigenvalue weighted by molar-refractivity contribution is 5.92. The van der Waals surface area contributed by atoms with Gasteiger partial charge in [-0.1, -0.05) is 0 Å². The van der Waals surface area contributed by atoms with E-state index in [2.05, 4.69) is 4.98 Å². The number of fused-ring (bicyclic) bond motifs is 1. The molecule has 0 bridgehead atoms. The van der Waals surface area contributed by atoms with Crippen molar-refractivity contribution in [3.63, 3.8) is 0 Å². The molecule has 1 saturated heterocycles. The van der Waals surface area contributed by atoms with Crippen molar-refractivity contribution >= 4 is 17.0 Å². The molecular formula is C13H14N2O4. The first-order valence-corrected chi connectivity index (χ1v) is 6.11. The van der Waals surface area contributed by atoms with Crippen LogP contribution in [0.25, 0.3) is 11.0 Å². The number of nitrogens with zero attached hydrogens (tertiary/aromatic N) is 2. The van der Waals surface area contributed by atoms with E-state index in [1.807, 2.05) is 4.57 Å². The van der Waals surface area contributed by atoms with E-state index in [9.17, 15) is 4.79 Å². The highest BCUT2D eigenvalue weighted by Crippen LogP contribution is 2.16. The highest BCUT2D eigenvalue weighted by Gasteiger charge is 2.16. The summed E-state index contributed by atoms with van der Waals surface area (Å²) in [4.78, 5) is 15.3. The van der Waals surface area contributed by atoms with E-state index in [-0.39, 0.29) is 11.7 Å². The van der Waals surface area contributed by atoms with Crippen LogP contribution in [0.3, 0.4) is 0 Å². The van der Waals surface area contributed by atoms with E-state index in [4.69, 9.17) is 14.6 Å². The van der Waals surface area contributed by atoms with Crippen LogP contribution in [0.4, 0.5) is 0 Å². The molecule has 0 radical (unpaired) electrons. The molecule has 2 heterocycles. The molecule has 0 aliphatic carbocycles.